The van der Waals surface area contributed by atoms with Gasteiger partial charge in [0.1, 0.15) is 11.8 Å². The molecule has 3 aromatic carbocycles. The molecule has 202 valence electrons. The number of carbonyl (C=O) groups excluding carboxylic acids is 4. The Morgan fingerprint density at radius 2 is 1.59 bits per heavy atom. The van der Waals surface area contributed by atoms with E-state index >= 15 is 0 Å². The number of benzene rings is 3. The van der Waals surface area contributed by atoms with Gasteiger partial charge >= 0.3 is 12.0 Å². The maximum Gasteiger partial charge on any atom is 0.338 e. The van der Waals surface area contributed by atoms with Gasteiger partial charge in [-0.15, -0.1) is 0 Å². The van der Waals surface area contributed by atoms with Crippen LogP contribution in [0.5, 0.6) is 5.75 Å². The molecule has 0 spiro atoms. The zero-order valence-corrected chi connectivity index (χ0v) is 22.2. The minimum absolute atomic E-state index is 0.213. The maximum atomic E-state index is 13.5. The number of rotatable bonds is 10. The molecule has 4 amide bonds. The number of aryl methyl sites for hydroxylation is 1. The number of nitrogens with zero attached hydrogens (tertiary/aromatic N) is 2. The summed E-state index contributed by atoms with van der Waals surface area (Å²) in [6.07, 6.45) is 0.285. The summed E-state index contributed by atoms with van der Waals surface area (Å²) >= 11 is 0. The Labute approximate surface area is 227 Å². The van der Waals surface area contributed by atoms with E-state index in [-0.39, 0.29) is 19.6 Å². The van der Waals surface area contributed by atoms with Crippen LogP contribution in [-0.4, -0.2) is 55.0 Å². The van der Waals surface area contributed by atoms with Crippen molar-refractivity contribution in [3.05, 3.63) is 89.5 Å². The summed E-state index contributed by atoms with van der Waals surface area (Å²) < 4.78 is 10.2. The molecular formula is C30H31N3O6. The molecule has 1 fully saturated rings. The smallest absolute Gasteiger partial charge is 0.338 e. The average molecular weight is 530 g/mol. The highest BCUT2D eigenvalue weighted by atomic mass is 16.5. The van der Waals surface area contributed by atoms with E-state index in [9.17, 15) is 19.2 Å². The van der Waals surface area contributed by atoms with Crippen LogP contribution >= 0.6 is 0 Å². The Bertz CT molecular complexity index is 1340. The molecule has 0 radical (unpaired) electrons. The molecule has 9 nitrogen and oxygen atoms in total. The van der Waals surface area contributed by atoms with E-state index in [1.54, 1.807) is 50.4 Å². The molecule has 0 bridgehead atoms. The number of nitrogens with one attached hydrogen (secondary N) is 1. The molecule has 1 heterocycles. The second-order valence-electron chi connectivity index (χ2n) is 9.15. The predicted octanol–water partition coefficient (Wildman–Crippen LogP) is 4.59. The van der Waals surface area contributed by atoms with Crippen LogP contribution in [0.3, 0.4) is 0 Å². The van der Waals surface area contributed by atoms with Gasteiger partial charge in [0.25, 0.3) is 5.91 Å². The van der Waals surface area contributed by atoms with E-state index in [0.717, 1.165) is 21.8 Å². The van der Waals surface area contributed by atoms with Crippen LogP contribution in [0.4, 0.5) is 16.2 Å². The van der Waals surface area contributed by atoms with E-state index < -0.39 is 29.9 Å². The number of hydrogen-bond donors (Lipinski definition) is 1. The number of anilines is 2. The van der Waals surface area contributed by atoms with Crippen molar-refractivity contribution in [1.82, 2.24) is 4.90 Å². The van der Waals surface area contributed by atoms with Crippen LogP contribution in [-0.2, 0) is 20.7 Å². The maximum absolute atomic E-state index is 13.5. The van der Waals surface area contributed by atoms with Gasteiger partial charge in [-0.1, -0.05) is 29.8 Å². The highest BCUT2D eigenvalue weighted by molar-refractivity contribution is 6.22. The zero-order chi connectivity index (χ0) is 27.9. The van der Waals surface area contributed by atoms with Gasteiger partial charge in [-0.25, -0.2) is 14.5 Å². The molecule has 0 unspecified atom stereocenters. The van der Waals surface area contributed by atoms with Crippen LogP contribution < -0.4 is 15.0 Å². The summed E-state index contributed by atoms with van der Waals surface area (Å²) in [6, 6.07) is 19.4. The van der Waals surface area contributed by atoms with E-state index in [1.165, 1.54) is 4.90 Å². The van der Waals surface area contributed by atoms with Crippen molar-refractivity contribution in [3.63, 3.8) is 0 Å². The first-order valence-corrected chi connectivity index (χ1v) is 12.7. The number of urea groups is 1. The molecule has 1 aliphatic heterocycles. The van der Waals surface area contributed by atoms with Gasteiger partial charge in [-0.3, -0.25) is 9.59 Å². The van der Waals surface area contributed by atoms with Gasteiger partial charge in [-0.2, -0.15) is 0 Å². The van der Waals surface area contributed by atoms with Crippen LogP contribution in [0.1, 0.15) is 34.8 Å². The van der Waals surface area contributed by atoms with Crippen molar-refractivity contribution in [2.24, 2.45) is 0 Å². The lowest BCUT2D eigenvalue weighted by Crippen LogP contribution is -2.39. The molecule has 1 atom stereocenters. The molecule has 0 saturated carbocycles. The molecule has 3 aromatic rings. The lowest BCUT2D eigenvalue weighted by atomic mass is 10.1. The molecule has 0 aromatic heterocycles. The largest absolute Gasteiger partial charge is 0.497 e. The van der Waals surface area contributed by atoms with Crippen LogP contribution in [0, 0.1) is 6.92 Å². The molecule has 4 rings (SSSR count). The first-order valence-electron chi connectivity index (χ1n) is 12.7. The van der Waals surface area contributed by atoms with Gasteiger partial charge in [-0.05, 0) is 74.4 Å². The third kappa shape index (κ3) is 6.43. The van der Waals surface area contributed by atoms with E-state index in [4.69, 9.17) is 9.47 Å². The van der Waals surface area contributed by atoms with Crippen molar-refractivity contribution in [2.75, 3.05) is 30.5 Å². The summed E-state index contributed by atoms with van der Waals surface area (Å²) in [5.41, 5.74) is 3.26. The van der Waals surface area contributed by atoms with Gasteiger partial charge in [0.05, 0.1) is 31.4 Å². The number of carbonyl (C=O) groups is 4. The second kappa shape index (κ2) is 12.3. The number of hydrogen-bond acceptors (Lipinski definition) is 6. The first kappa shape index (κ1) is 27.4. The Morgan fingerprint density at radius 3 is 2.21 bits per heavy atom. The normalized spacial score (nSPS) is 14.9. The molecule has 0 aliphatic carbocycles. The summed E-state index contributed by atoms with van der Waals surface area (Å²) in [4.78, 5) is 54.4. The predicted molar refractivity (Wildman–Crippen MR) is 147 cm³/mol. The fraction of sp³-hybridized carbons (Fsp3) is 0.267. The van der Waals surface area contributed by atoms with E-state index in [0.29, 0.717) is 23.4 Å². The van der Waals surface area contributed by atoms with Crippen LogP contribution in [0.15, 0.2) is 72.8 Å². The van der Waals surface area contributed by atoms with Gasteiger partial charge in [0.15, 0.2) is 0 Å². The molecule has 39 heavy (non-hydrogen) atoms. The van der Waals surface area contributed by atoms with Gasteiger partial charge < -0.3 is 19.7 Å². The second-order valence-corrected chi connectivity index (χ2v) is 9.15. The Morgan fingerprint density at radius 1 is 0.923 bits per heavy atom. The van der Waals surface area contributed by atoms with Crippen LogP contribution in [0.25, 0.3) is 0 Å². The fourth-order valence-electron chi connectivity index (χ4n) is 4.35. The third-order valence-electron chi connectivity index (χ3n) is 6.47. The number of amides is 4. The highest BCUT2D eigenvalue weighted by Gasteiger charge is 2.46. The lowest BCUT2D eigenvalue weighted by Gasteiger charge is -2.21. The van der Waals surface area contributed by atoms with E-state index in [1.807, 2.05) is 43.3 Å². The number of ether oxygens (including phenoxy) is 2. The van der Waals surface area contributed by atoms with Gasteiger partial charge in [0, 0.05) is 12.2 Å². The van der Waals surface area contributed by atoms with Crippen molar-refractivity contribution >= 4 is 35.2 Å². The summed E-state index contributed by atoms with van der Waals surface area (Å²) in [7, 11) is 1.59. The monoisotopic (exact) mass is 529 g/mol. The van der Waals surface area contributed by atoms with Crippen molar-refractivity contribution < 1.29 is 28.7 Å². The van der Waals surface area contributed by atoms with Crippen molar-refractivity contribution in [1.29, 1.82) is 0 Å². The van der Waals surface area contributed by atoms with Gasteiger partial charge in [0.2, 0.25) is 5.91 Å². The molecule has 1 aliphatic rings. The average Bonchev–Trinajstić information content (AvgIpc) is 3.16. The topological polar surface area (TPSA) is 105 Å². The molecule has 1 saturated heterocycles. The van der Waals surface area contributed by atoms with E-state index in [2.05, 4.69) is 5.32 Å². The van der Waals surface area contributed by atoms with Crippen molar-refractivity contribution in [2.45, 2.75) is 32.7 Å². The third-order valence-corrected chi connectivity index (χ3v) is 6.47. The lowest BCUT2D eigenvalue weighted by molar-refractivity contribution is -0.124. The minimum atomic E-state index is -0.962. The Balaban J connectivity index is 1.50. The zero-order valence-electron chi connectivity index (χ0n) is 22.2. The van der Waals surface area contributed by atoms with Crippen molar-refractivity contribution in [3.8, 4) is 5.75 Å². The summed E-state index contributed by atoms with van der Waals surface area (Å²) in [5.74, 6) is -0.604. The first-order chi connectivity index (χ1) is 18.8. The summed E-state index contributed by atoms with van der Waals surface area (Å²) in [6.45, 7) is 4.16. The Hall–Kier alpha value is -4.66. The highest BCUT2D eigenvalue weighted by Crippen LogP contribution is 2.28. The Kier molecular flexibility index (Phi) is 8.60. The SMILES string of the molecule is CCOC(=O)c1ccc(NC(=O)C[C@@H]2C(=O)N(c3ccc(C)cc3)C(=O)N2CCc2ccc(OC)cc2)cc1. The van der Waals surface area contributed by atoms with Crippen LogP contribution in [0.2, 0.25) is 0 Å². The summed E-state index contributed by atoms with van der Waals surface area (Å²) in [5, 5.41) is 2.76. The molecule has 9 heteroatoms. The minimum Gasteiger partial charge on any atom is -0.497 e. The fourth-order valence-corrected chi connectivity index (χ4v) is 4.35. The quantitative estimate of drug-likeness (QED) is 0.304. The molecular weight excluding hydrogens is 498 g/mol. The number of methoxy groups -OCH3 is 1. The number of imide groups is 1. The number of esters is 1. The standard InChI is InChI=1S/C30H31N3O6/c1-4-39-29(36)22-9-11-23(12-10-22)31-27(34)19-26-28(35)33(24-13-5-20(2)6-14-24)30(37)32(26)18-17-21-7-15-25(38-3)16-8-21/h5-16,26H,4,17-19H2,1-3H3,(H,31,34)/t26-/m1/s1. The molecule has 1 N–H and O–H groups in total.